The van der Waals surface area contributed by atoms with Gasteiger partial charge >= 0.3 is 0 Å². The van der Waals surface area contributed by atoms with Crippen molar-refractivity contribution in [3.8, 4) is 0 Å². The molecule has 3 N–H and O–H groups in total. The second-order valence-electron chi connectivity index (χ2n) is 4.93. The van der Waals surface area contributed by atoms with Gasteiger partial charge in [-0.15, -0.1) is 0 Å². The molecule has 0 aliphatic carbocycles. The summed E-state index contributed by atoms with van der Waals surface area (Å²) in [4.78, 5) is 4.73. The molecule has 0 spiro atoms. The predicted octanol–water partition coefficient (Wildman–Crippen LogP) is 0.395. The van der Waals surface area contributed by atoms with Gasteiger partial charge in [-0.25, -0.2) is 0 Å². The molecule has 1 fully saturated rings. The molecule has 1 unspecified atom stereocenters. The number of hydrogen-bond acceptors (Lipinski definition) is 4. The quantitative estimate of drug-likeness (QED) is 0.316. The van der Waals surface area contributed by atoms with E-state index in [2.05, 4.69) is 28.8 Å². The first kappa shape index (κ1) is 13.3. The Balaban J connectivity index is 2.37. The van der Waals surface area contributed by atoms with Crippen molar-refractivity contribution < 1.29 is 5.21 Å². The maximum absolute atomic E-state index is 8.63. The average molecular weight is 228 g/mol. The fraction of sp³-hybridized carbons (Fsp3) is 0.909. The normalized spacial score (nSPS) is 22.6. The molecular weight excluding hydrogens is 204 g/mol. The van der Waals surface area contributed by atoms with Gasteiger partial charge in [0.2, 0.25) is 0 Å². The van der Waals surface area contributed by atoms with Crippen LogP contribution in [-0.2, 0) is 0 Å². The van der Waals surface area contributed by atoms with E-state index in [4.69, 9.17) is 10.9 Å². The molecule has 1 aliphatic rings. The van der Waals surface area contributed by atoms with E-state index in [1.807, 2.05) is 6.92 Å². The third-order valence-electron chi connectivity index (χ3n) is 3.12. The number of amidine groups is 1. The molecule has 94 valence electrons. The van der Waals surface area contributed by atoms with Gasteiger partial charge in [-0.3, -0.25) is 4.90 Å². The van der Waals surface area contributed by atoms with Gasteiger partial charge in [0.15, 0.2) is 5.84 Å². The van der Waals surface area contributed by atoms with Crippen LogP contribution in [-0.4, -0.2) is 59.6 Å². The molecule has 5 nitrogen and oxygen atoms in total. The minimum Gasteiger partial charge on any atom is -0.409 e. The molecule has 0 aromatic rings. The Hall–Kier alpha value is -0.810. The average Bonchev–Trinajstić information content (AvgIpc) is 2.27. The fourth-order valence-electron chi connectivity index (χ4n) is 2.12. The summed E-state index contributed by atoms with van der Waals surface area (Å²) in [5.74, 6) is 1.02. The monoisotopic (exact) mass is 228 g/mol. The summed E-state index contributed by atoms with van der Waals surface area (Å²) in [7, 11) is 0. The number of piperazine rings is 1. The summed E-state index contributed by atoms with van der Waals surface area (Å²) in [6, 6.07) is 0.0335. The molecule has 0 aromatic carbocycles. The molecular formula is C11H24N4O. The molecule has 1 heterocycles. The third kappa shape index (κ3) is 3.64. The summed E-state index contributed by atoms with van der Waals surface area (Å²) in [5.41, 5.74) is 5.61. The molecule has 0 bridgehead atoms. The van der Waals surface area contributed by atoms with Gasteiger partial charge < -0.3 is 15.8 Å². The lowest BCUT2D eigenvalue weighted by Crippen LogP contribution is -2.53. The number of hydrogen-bond donors (Lipinski definition) is 2. The Morgan fingerprint density at radius 2 is 1.81 bits per heavy atom. The molecule has 5 heteroatoms. The van der Waals surface area contributed by atoms with Crippen LogP contribution >= 0.6 is 0 Å². The van der Waals surface area contributed by atoms with Crippen molar-refractivity contribution >= 4 is 5.84 Å². The molecule has 1 aliphatic heterocycles. The zero-order chi connectivity index (χ0) is 12.1. The topological polar surface area (TPSA) is 65.1 Å². The number of nitrogens with zero attached hydrogens (tertiary/aromatic N) is 3. The molecule has 16 heavy (non-hydrogen) atoms. The van der Waals surface area contributed by atoms with Crippen molar-refractivity contribution in [2.24, 2.45) is 16.8 Å². The van der Waals surface area contributed by atoms with Crippen molar-refractivity contribution in [2.45, 2.75) is 26.8 Å². The van der Waals surface area contributed by atoms with Gasteiger partial charge in [0.25, 0.3) is 0 Å². The van der Waals surface area contributed by atoms with Crippen LogP contribution in [0.5, 0.6) is 0 Å². The van der Waals surface area contributed by atoms with Gasteiger partial charge in [-0.2, -0.15) is 0 Å². The molecule has 1 rings (SSSR count). The maximum Gasteiger partial charge on any atom is 0.156 e. The van der Waals surface area contributed by atoms with Crippen molar-refractivity contribution in [3.63, 3.8) is 0 Å². The SMILES string of the molecule is CC(C)CN1CCN(C(C)C(N)=NO)CC1. The van der Waals surface area contributed by atoms with E-state index in [9.17, 15) is 0 Å². The van der Waals surface area contributed by atoms with Crippen molar-refractivity contribution in [1.29, 1.82) is 0 Å². The van der Waals surface area contributed by atoms with Crippen LogP contribution in [0, 0.1) is 5.92 Å². The van der Waals surface area contributed by atoms with E-state index >= 15 is 0 Å². The van der Waals surface area contributed by atoms with E-state index in [-0.39, 0.29) is 6.04 Å². The van der Waals surface area contributed by atoms with E-state index in [0.29, 0.717) is 11.8 Å². The minimum absolute atomic E-state index is 0.0335. The third-order valence-corrected chi connectivity index (χ3v) is 3.12. The standard InChI is InChI=1S/C11H24N4O/c1-9(2)8-14-4-6-15(7-5-14)10(3)11(12)13-16/h9-10,16H,4-8H2,1-3H3,(H2,12,13). The summed E-state index contributed by atoms with van der Waals surface area (Å²) < 4.78 is 0. The molecule has 0 aromatic heterocycles. The van der Waals surface area contributed by atoms with Gasteiger partial charge in [-0.05, 0) is 12.8 Å². The molecule has 0 amide bonds. The maximum atomic E-state index is 8.63. The van der Waals surface area contributed by atoms with E-state index in [0.717, 1.165) is 32.7 Å². The van der Waals surface area contributed by atoms with Gasteiger partial charge in [-0.1, -0.05) is 19.0 Å². The lowest BCUT2D eigenvalue weighted by Gasteiger charge is -2.38. The van der Waals surface area contributed by atoms with Crippen LogP contribution in [0.1, 0.15) is 20.8 Å². The van der Waals surface area contributed by atoms with Crippen LogP contribution in [0.4, 0.5) is 0 Å². The molecule has 0 radical (unpaired) electrons. The number of oxime groups is 1. The first-order chi connectivity index (χ1) is 7.54. The Morgan fingerprint density at radius 3 is 2.25 bits per heavy atom. The highest BCUT2D eigenvalue weighted by atomic mass is 16.4. The highest BCUT2D eigenvalue weighted by Crippen LogP contribution is 2.08. The first-order valence-electron chi connectivity index (χ1n) is 5.98. The minimum atomic E-state index is 0.0335. The summed E-state index contributed by atoms with van der Waals surface area (Å²) in [5, 5.41) is 11.7. The molecule has 1 saturated heterocycles. The van der Waals surface area contributed by atoms with E-state index < -0.39 is 0 Å². The van der Waals surface area contributed by atoms with Gasteiger partial charge in [0.1, 0.15) is 0 Å². The largest absolute Gasteiger partial charge is 0.409 e. The Kier molecular flexibility index (Phi) is 5.02. The van der Waals surface area contributed by atoms with Crippen molar-refractivity contribution in [3.05, 3.63) is 0 Å². The summed E-state index contributed by atoms with van der Waals surface area (Å²) in [6.45, 7) is 11.7. The Bertz CT molecular complexity index is 234. The van der Waals surface area contributed by atoms with Crippen LogP contribution in [0.2, 0.25) is 0 Å². The van der Waals surface area contributed by atoms with Crippen molar-refractivity contribution in [1.82, 2.24) is 9.80 Å². The second kappa shape index (κ2) is 6.06. The van der Waals surface area contributed by atoms with Gasteiger partial charge in [0, 0.05) is 32.7 Å². The highest BCUT2D eigenvalue weighted by molar-refractivity contribution is 5.84. The van der Waals surface area contributed by atoms with Crippen LogP contribution < -0.4 is 5.73 Å². The molecule has 1 atom stereocenters. The van der Waals surface area contributed by atoms with Crippen LogP contribution in [0.25, 0.3) is 0 Å². The Labute approximate surface area is 97.9 Å². The number of rotatable bonds is 4. The Morgan fingerprint density at radius 1 is 1.25 bits per heavy atom. The number of nitrogens with two attached hydrogens (primary N) is 1. The first-order valence-corrected chi connectivity index (χ1v) is 5.98. The van der Waals surface area contributed by atoms with Crippen molar-refractivity contribution in [2.75, 3.05) is 32.7 Å². The summed E-state index contributed by atoms with van der Waals surface area (Å²) >= 11 is 0. The zero-order valence-corrected chi connectivity index (χ0v) is 10.6. The zero-order valence-electron chi connectivity index (χ0n) is 10.6. The van der Waals surface area contributed by atoms with Gasteiger partial charge in [0.05, 0.1) is 6.04 Å². The molecule has 0 saturated carbocycles. The van der Waals surface area contributed by atoms with Crippen LogP contribution in [0.3, 0.4) is 0 Å². The lowest BCUT2D eigenvalue weighted by atomic mass is 10.1. The van der Waals surface area contributed by atoms with E-state index in [1.165, 1.54) is 0 Å². The summed E-state index contributed by atoms with van der Waals surface area (Å²) in [6.07, 6.45) is 0. The van der Waals surface area contributed by atoms with E-state index in [1.54, 1.807) is 0 Å². The lowest BCUT2D eigenvalue weighted by molar-refractivity contribution is 0.112. The smallest absolute Gasteiger partial charge is 0.156 e. The fourth-order valence-corrected chi connectivity index (χ4v) is 2.12. The predicted molar refractivity (Wildman–Crippen MR) is 65.7 cm³/mol. The van der Waals surface area contributed by atoms with Crippen LogP contribution in [0.15, 0.2) is 5.16 Å². The second-order valence-corrected chi connectivity index (χ2v) is 4.93. The highest BCUT2D eigenvalue weighted by Gasteiger charge is 2.23.